The van der Waals surface area contributed by atoms with Gasteiger partial charge >= 0.3 is 0 Å². The quantitative estimate of drug-likeness (QED) is 0.607. The molecule has 0 saturated heterocycles. The van der Waals surface area contributed by atoms with Gasteiger partial charge in [0.05, 0.1) is 5.56 Å². The van der Waals surface area contributed by atoms with Gasteiger partial charge in [-0.25, -0.2) is 0 Å². The first-order chi connectivity index (χ1) is 13.6. The van der Waals surface area contributed by atoms with Crippen LogP contribution in [0.4, 0.5) is 0 Å². The number of hydrogen-bond donors (Lipinski definition) is 2. The van der Waals surface area contributed by atoms with Crippen LogP contribution in [0.5, 0.6) is 0 Å². The Morgan fingerprint density at radius 1 is 1.04 bits per heavy atom. The number of amides is 2. The first-order valence-corrected chi connectivity index (χ1v) is 9.83. The lowest BCUT2D eigenvalue weighted by atomic mass is 10.1. The lowest BCUT2D eigenvalue weighted by molar-refractivity contribution is -0.121. The number of para-hydroxylation sites is 1. The molecule has 2 amide bonds. The molecule has 0 unspecified atom stereocenters. The second-order valence-corrected chi connectivity index (χ2v) is 7.11. The highest BCUT2D eigenvalue weighted by atomic mass is 35.5. The summed E-state index contributed by atoms with van der Waals surface area (Å²) in [6, 6.07) is 15.2. The highest BCUT2D eigenvalue weighted by Gasteiger charge is 2.15. The van der Waals surface area contributed by atoms with E-state index in [0.29, 0.717) is 30.1 Å². The van der Waals surface area contributed by atoms with Crippen LogP contribution in [-0.4, -0.2) is 29.5 Å². The zero-order valence-corrected chi connectivity index (χ0v) is 16.6. The van der Waals surface area contributed by atoms with E-state index in [1.807, 2.05) is 60.0 Å². The second kappa shape index (κ2) is 9.42. The molecule has 0 radical (unpaired) electrons. The third-order valence-corrected chi connectivity index (χ3v) is 4.74. The fraction of sp³-hybridized carbons (Fsp3) is 0.273. The molecule has 28 heavy (non-hydrogen) atoms. The van der Waals surface area contributed by atoms with Gasteiger partial charge < -0.3 is 15.2 Å². The maximum Gasteiger partial charge on any atom is 0.253 e. The molecule has 5 nitrogen and oxygen atoms in total. The van der Waals surface area contributed by atoms with Crippen molar-refractivity contribution in [3.63, 3.8) is 0 Å². The molecule has 3 aromatic rings. The van der Waals surface area contributed by atoms with Gasteiger partial charge in [0.1, 0.15) is 6.54 Å². The first kappa shape index (κ1) is 20.0. The van der Waals surface area contributed by atoms with E-state index in [-0.39, 0.29) is 18.4 Å². The summed E-state index contributed by atoms with van der Waals surface area (Å²) >= 11 is 5.99. The van der Waals surface area contributed by atoms with Crippen LogP contribution >= 0.6 is 11.6 Å². The standard InChI is InChI=1S/C22H24ClN3O2/c1-2-11-25-22(28)19-14-26(20-9-4-3-8-18(19)20)15-21(27)24-12-10-16-6-5-7-17(23)13-16/h3-9,13-14H,2,10-12,15H2,1H3,(H,24,27)(H,25,28). The predicted octanol–water partition coefficient (Wildman–Crippen LogP) is 3.79. The van der Waals surface area contributed by atoms with Crippen molar-refractivity contribution in [1.82, 2.24) is 15.2 Å². The van der Waals surface area contributed by atoms with Crippen LogP contribution in [0.25, 0.3) is 10.9 Å². The second-order valence-electron chi connectivity index (χ2n) is 6.67. The zero-order valence-electron chi connectivity index (χ0n) is 15.9. The van der Waals surface area contributed by atoms with E-state index in [2.05, 4.69) is 10.6 Å². The maximum absolute atomic E-state index is 12.4. The molecule has 0 saturated carbocycles. The van der Waals surface area contributed by atoms with E-state index in [9.17, 15) is 9.59 Å². The normalized spacial score (nSPS) is 10.8. The van der Waals surface area contributed by atoms with Crippen LogP contribution in [0.2, 0.25) is 5.02 Å². The fourth-order valence-electron chi connectivity index (χ4n) is 3.14. The number of halogens is 1. The Bertz CT molecular complexity index is 981. The zero-order chi connectivity index (χ0) is 19.9. The van der Waals surface area contributed by atoms with Crippen LogP contribution in [0.15, 0.2) is 54.7 Å². The molecule has 2 N–H and O–H groups in total. The molecular weight excluding hydrogens is 374 g/mol. The van der Waals surface area contributed by atoms with E-state index in [0.717, 1.165) is 22.9 Å². The Morgan fingerprint density at radius 2 is 1.86 bits per heavy atom. The highest BCUT2D eigenvalue weighted by Crippen LogP contribution is 2.21. The van der Waals surface area contributed by atoms with Gasteiger partial charge in [-0.15, -0.1) is 0 Å². The van der Waals surface area contributed by atoms with Crippen LogP contribution in [0.1, 0.15) is 29.3 Å². The number of carbonyl (C=O) groups excluding carboxylic acids is 2. The third-order valence-electron chi connectivity index (χ3n) is 4.51. The molecule has 1 heterocycles. The number of carbonyl (C=O) groups is 2. The van der Waals surface area contributed by atoms with Crippen molar-refractivity contribution in [2.45, 2.75) is 26.3 Å². The lowest BCUT2D eigenvalue weighted by Crippen LogP contribution is -2.29. The fourth-order valence-corrected chi connectivity index (χ4v) is 3.35. The summed E-state index contributed by atoms with van der Waals surface area (Å²) in [7, 11) is 0. The monoisotopic (exact) mass is 397 g/mol. The van der Waals surface area contributed by atoms with Gasteiger partial charge in [-0.05, 0) is 36.6 Å². The number of nitrogens with zero attached hydrogens (tertiary/aromatic N) is 1. The lowest BCUT2D eigenvalue weighted by Gasteiger charge is -2.08. The first-order valence-electron chi connectivity index (χ1n) is 9.45. The molecule has 0 bridgehead atoms. The summed E-state index contributed by atoms with van der Waals surface area (Å²) in [4.78, 5) is 24.8. The largest absolute Gasteiger partial charge is 0.354 e. The van der Waals surface area contributed by atoms with E-state index in [1.54, 1.807) is 6.20 Å². The number of benzene rings is 2. The predicted molar refractivity (Wildman–Crippen MR) is 113 cm³/mol. The molecule has 0 aliphatic heterocycles. The molecule has 1 aromatic heterocycles. The topological polar surface area (TPSA) is 63.1 Å². The average molecular weight is 398 g/mol. The number of aromatic nitrogens is 1. The van der Waals surface area contributed by atoms with E-state index in [1.165, 1.54) is 0 Å². The van der Waals surface area contributed by atoms with Gasteiger partial charge in [0, 0.05) is 35.2 Å². The van der Waals surface area contributed by atoms with Crippen molar-refractivity contribution in [3.8, 4) is 0 Å². The van der Waals surface area contributed by atoms with Gasteiger partial charge in [-0.1, -0.05) is 48.9 Å². The molecule has 146 valence electrons. The molecule has 0 aliphatic rings. The third kappa shape index (κ3) is 4.93. The van der Waals surface area contributed by atoms with Crippen molar-refractivity contribution in [1.29, 1.82) is 0 Å². The molecule has 0 fully saturated rings. The van der Waals surface area contributed by atoms with E-state index in [4.69, 9.17) is 11.6 Å². The van der Waals surface area contributed by atoms with Gasteiger partial charge in [0.25, 0.3) is 5.91 Å². The molecule has 3 rings (SSSR count). The minimum Gasteiger partial charge on any atom is -0.354 e. The molecule has 0 atom stereocenters. The molecule has 0 aliphatic carbocycles. The summed E-state index contributed by atoms with van der Waals surface area (Å²) in [5, 5.41) is 7.38. The highest BCUT2D eigenvalue weighted by molar-refractivity contribution is 6.30. The van der Waals surface area contributed by atoms with Crippen molar-refractivity contribution >= 4 is 34.3 Å². The average Bonchev–Trinajstić information content (AvgIpc) is 3.05. The number of nitrogens with one attached hydrogen (secondary N) is 2. The Labute approximate surface area is 169 Å². The van der Waals surface area contributed by atoms with Crippen molar-refractivity contribution in [3.05, 3.63) is 70.9 Å². The molecular formula is C22H24ClN3O2. The minimum absolute atomic E-state index is 0.0942. The summed E-state index contributed by atoms with van der Waals surface area (Å²) in [5.41, 5.74) is 2.54. The minimum atomic E-state index is -0.113. The number of fused-ring (bicyclic) bond motifs is 1. The Balaban J connectivity index is 1.66. The number of hydrogen-bond acceptors (Lipinski definition) is 2. The van der Waals surface area contributed by atoms with Crippen molar-refractivity contribution in [2.75, 3.05) is 13.1 Å². The van der Waals surface area contributed by atoms with Gasteiger partial charge in [0.15, 0.2) is 0 Å². The molecule has 2 aromatic carbocycles. The van der Waals surface area contributed by atoms with Crippen molar-refractivity contribution in [2.24, 2.45) is 0 Å². The summed E-state index contributed by atoms with van der Waals surface area (Å²) in [6.45, 7) is 3.33. The SMILES string of the molecule is CCCNC(=O)c1cn(CC(=O)NCCc2cccc(Cl)c2)c2ccccc12. The van der Waals surface area contributed by atoms with Crippen LogP contribution in [0, 0.1) is 0 Å². The smallest absolute Gasteiger partial charge is 0.253 e. The van der Waals surface area contributed by atoms with Gasteiger partial charge in [-0.3, -0.25) is 9.59 Å². The summed E-state index contributed by atoms with van der Waals surface area (Å²) in [6.07, 6.45) is 3.34. The van der Waals surface area contributed by atoms with Crippen LogP contribution in [-0.2, 0) is 17.8 Å². The molecule has 0 spiro atoms. The Kier molecular flexibility index (Phi) is 6.71. The Morgan fingerprint density at radius 3 is 2.64 bits per heavy atom. The van der Waals surface area contributed by atoms with Crippen molar-refractivity contribution < 1.29 is 9.59 Å². The number of rotatable bonds is 8. The van der Waals surface area contributed by atoms with E-state index >= 15 is 0 Å². The summed E-state index contributed by atoms with van der Waals surface area (Å²) in [5.74, 6) is -0.207. The van der Waals surface area contributed by atoms with Crippen LogP contribution in [0.3, 0.4) is 0 Å². The van der Waals surface area contributed by atoms with Gasteiger partial charge in [0.2, 0.25) is 5.91 Å². The summed E-state index contributed by atoms with van der Waals surface area (Å²) < 4.78 is 1.82. The van der Waals surface area contributed by atoms with Crippen LogP contribution < -0.4 is 10.6 Å². The van der Waals surface area contributed by atoms with E-state index < -0.39 is 0 Å². The van der Waals surface area contributed by atoms with Gasteiger partial charge in [-0.2, -0.15) is 0 Å². The molecule has 6 heteroatoms. The Hall–Kier alpha value is -2.79. The maximum atomic E-state index is 12.4.